The highest BCUT2D eigenvalue weighted by atomic mass is 28.4. The lowest BCUT2D eigenvalue weighted by atomic mass is 9.80. The van der Waals surface area contributed by atoms with Crippen LogP contribution >= 0.6 is 0 Å². The summed E-state index contributed by atoms with van der Waals surface area (Å²) in [5.74, 6) is -0.925. The maximum absolute atomic E-state index is 12.7. The number of ether oxygens (including phenoxy) is 2. The Bertz CT molecular complexity index is 759. The molecule has 1 aliphatic heterocycles. The Labute approximate surface area is 196 Å². The molecular weight excluding hydrogens is 440 g/mol. The summed E-state index contributed by atoms with van der Waals surface area (Å²) >= 11 is 0. The molecule has 6 nitrogen and oxygen atoms in total. The highest BCUT2D eigenvalue weighted by Gasteiger charge is 2.60. The molecule has 184 valence electrons. The second-order valence-electron chi connectivity index (χ2n) is 12.4. The summed E-state index contributed by atoms with van der Waals surface area (Å²) in [4.78, 5) is 24.5. The minimum atomic E-state index is -2.14. The van der Waals surface area contributed by atoms with Crippen molar-refractivity contribution in [2.45, 2.75) is 122 Å². The maximum Gasteiger partial charge on any atom is 0.351 e. The predicted molar refractivity (Wildman–Crippen MR) is 132 cm³/mol. The first kappa shape index (κ1) is 27.3. The van der Waals surface area contributed by atoms with Gasteiger partial charge in [0.2, 0.25) is 5.60 Å². The standard InChI is InChI=1S/C24H44O6Si2/c1-17(25)29-24-15-19(28-21(24)26)18(13-12-14-27-31(8,9)22(2,3)4)20(16-24)30-32(10,11)23(5,6)7/h13,19-20H,12,14-16H2,1-11H3/b18-13-/t19-,20-,24-/m1/s1. The summed E-state index contributed by atoms with van der Waals surface area (Å²) in [7, 11) is -3.96. The van der Waals surface area contributed by atoms with Gasteiger partial charge in [0.1, 0.15) is 6.10 Å². The summed E-state index contributed by atoms with van der Waals surface area (Å²) < 4.78 is 24.3. The van der Waals surface area contributed by atoms with Crippen molar-refractivity contribution in [2.75, 3.05) is 6.61 Å². The Morgan fingerprint density at radius 2 is 1.62 bits per heavy atom. The van der Waals surface area contributed by atoms with Crippen LogP contribution in [0.5, 0.6) is 0 Å². The van der Waals surface area contributed by atoms with Crippen LogP contribution in [0.15, 0.2) is 11.6 Å². The lowest BCUT2D eigenvalue weighted by Gasteiger charge is -2.43. The zero-order valence-electron chi connectivity index (χ0n) is 22.0. The highest BCUT2D eigenvalue weighted by Crippen LogP contribution is 2.47. The second kappa shape index (κ2) is 9.00. The normalized spacial score (nSPS) is 28.1. The monoisotopic (exact) mass is 484 g/mol. The van der Waals surface area contributed by atoms with Gasteiger partial charge in [-0.15, -0.1) is 0 Å². The first-order valence-corrected chi connectivity index (χ1v) is 17.6. The van der Waals surface area contributed by atoms with Crippen LogP contribution in [-0.4, -0.2) is 53.0 Å². The van der Waals surface area contributed by atoms with Gasteiger partial charge in [-0.25, -0.2) is 4.79 Å². The molecule has 0 aromatic rings. The molecule has 2 bridgehead atoms. The van der Waals surface area contributed by atoms with Crippen LogP contribution < -0.4 is 0 Å². The van der Waals surface area contributed by atoms with E-state index in [1.807, 2.05) is 0 Å². The SMILES string of the molecule is CC(=O)O[C@@]12C[C@@H](OC1=O)/C(=C/CCO[Si](C)(C)C(C)(C)C)[C@H](O[Si](C)(C)C(C)(C)C)C2. The topological polar surface area (TPSA) is 71.1 Å². The molecule has 3 atom stereocenters. The first-order chi connectivity index (χ1) is 14.3. The van der Waals surface area contributed by atoms with Crippen LogP contribution in [0.2, 0.25) is 36.3 Å². The van der Waals surface area contributed by atoms with Crippen LogP contribution in [0.3, 0.4) is 0 Å². The molecule has 2 fully saturated rings. The van der Waals surface area contributed by atoms with E-state index in [-0.39, 0.29) is 16.2 Å². The molecule has 1 aliphatic carbocycles. The molecule has 2 rings (SSSR count). The van der Waals surface area contributed by atoms with Crippen LogP contribution in [0.4, 0.5) is 0 Å². The fraction of sp³-hybridized carbons (Fsp3) is 0.833. The van der Waals surface area contributed by atoms with Crippen molar-refractivity contribution in [1.29, 1.82) is 0 Å². The fourth-order valence-electron chi connectivity index (χ4n) is 3.70. The molecular formula is C24H44O6Si2. The zero-order chi connectivity index (χ0) is 24.8. The predicted octanol–water partition coefficient (Wildman–Crippen LogP) is 5.74. The van der Waals surface area contributed by atoms with Crippen molar-refractivity contribution in [1.82, 2.24) is 0 Å². The van der Waals surface area contributed by atoms with Gasteiger partial charge in [0.25, 0.3) is 0 Å². The molecule has 1 heterocycles. The molecule has 0 N–H and O–H groups in total. The summed E-state index contributed by atoms with van der Waals surface area (Å²) in [5.41, 5.74) is -0.249. The first-order valence-electron chi connectivity index (χ1n) is 11.7. The molecule has 1 saturated heterocycles. The number of carbonyl (C=O) groups is 2. The Kier molecular flexibility index (Phi) is 7.67. The van der Waals surface area contributed by atoms with E-state index >= 15 is 0 Å². The third kappa shape index (κ3) is 5.74. The highest BCUT2D eigenvalue weighted by molar-refractivity contribution is 6.74. The molecule has 0 spiro atoms. The van der Waals surface area contributed by atoms with Crippen LogP contribution in [0, 0.1) is 0 Å². The van der Waals surface area contributed by atoms with E-state index < -0.39 is 40.3 Å². The lowest BCUT2D eigenvalue weighted by molar-refractivity contribution is -0.172. The van der Waals surface area contributed by atoms with Crippen LogP contribution in [-0.2, 0) is 27.9 Å². The molecule has 0 aromatic heterocycles. The average molecular weight is 485 g/mol. The maximum atomic E-state index is 12.7. The van der Waals surface area contributed by atoms with Crippen LogP contribution in [0.25, 0.3) is 0 Å². The molecule has 0 aromatic carbocycles. The Morgan fingerprint density at radius 3 is 2.12 bits per heavy atom. The number of fused-ring (bicyclic) bond motifs is 2. The molecule has 0 unspecified atom stereocenters. The van der Waals surface area contributed by atoms with Crippen molar-refractivity contribution in [2.24, 2.45) is 0 Å². The van der Waals surface area contributed by atoms with Crippen molar-refractivity contribution < 1.29 is 27.9 Å². The molecule has 2 aliphatic rings. The van der Waals surface area contributed by atoms with Gasteiger partial charge in [-0.1, -0.05) is 47.6 Å². The average Bonchev–Trinajstić information content (AvgIpc) is 2.82. The zero-order valence-corrected chi connectivity index (χ0v) is 24.0. The van der Waals surface area contributed by atoms with Gasteiger partial charge in [-0.3, -0.25) is 4.79 Å². The van der Waals surface area contributed by atoms with Gasteiger partial charge in [0.15, 0.2) is 16.6 Å². The molecule has 1 saturated carbocycles. The van der Waals surface area contributed by atoms with Gasteiger partial charge in [-0.05, 0) is 48.3 Å². The van der Waals surface area contributed by atoms with E-state index in [4.69, 9.17) is 18.3 Å². The van der Waals surface area contributed by atoms with E-state index in [0.29, 0.717) is 19.4 Å². The van der Waals surface area contributed by atoms with Gasteiger partial charge in [0, 0.05) is 26.4 Å². The third-order valence-corrected chi connectivity index (χ3v) is 16.8. The van der Waals surface area contributed by atoms with Crippen molar-refractivity contribution in [3.63, 3.8) is 0 Å². The van der Waals surface area contributed by atoms with Crippen molar-refractivity contribution >= 4 is 28.6 Å². The van der Waals surface area contributed by atoms with Gasteiger partial charge in [-0.2, -0.15) is 0 Å². The Balaban J connectivity index is 2.27. The number of hydrogen-bond donors (Lipinski definition) is 0. The number of carbonyl (C=O) groups excluding carboxylic acids is 2. The van der Waals surface area contributed by atoms with Gasteiger partial charge in [0.05, 0.1) is 6.10 Å². The van der Waals surface area contributed by atoms with E-state index in [1.165, 1.54) is 6.92 Å². The third-order valence-electron chi connectivity index (χ3n) is 7.74. The molecule has 32 heavy (non-hydrogen) atoms. The molecule has 0 radical (unpaired) electrons. The lowest BCUT2D eigenvalue weighted by Crippen LogP contribution is -2.51. The summed E-state index contributed by atoms with van der Waals surface area (Å²) in [5, 5.41) is 0.170. The number of esters is 2. The molecule has 0 amide bonds. The number of rotatable bonds is 7. The number of hydrogen-bond acceptors (Lipinski definition) is 6. The van der Waals surface area contributed by atoms with E-state index in [9.17, 15) is 9.59 Å². The van der Waals surface area contributed by atoms with Crippen molar-refractivity contribution in [3.05, 3.63) is 11.6 Å². The minimum absolute atomic E-state index is 0.0134. The molecule has 8 heteroatoms. The van der Waals surface area contributed by atoms with E-state index in [2.05, 4.69) is 73.8 Å². The van der Waals surface area contributed by atoms with E-state index in [1.54, 1.807) is 0 Å². The quantitative estimate of drug-likeness (QED) is 0.199. The fourth-order valence-corrected chi connectivity index (χ4v) is 6.05. The second-order valence-corrected chi connectivity index (χ2v) is 21.9. The van der Waals surface area contributed by atoms with E-state index in [0.717, 1.165) is 12.0 Å². The Hall–Kier alpha value is -0.966. The smallest absolute Gasteiger partial charge is 0.351 e. The largest absolute Gasteiger partial charge is 0.455 e. The van der Waals surface area contributed by atoms with Gasteiger partial charge < -0.3 is 18.3 Å². The Morgan fingerprint density at radius 1 is 1.06 bits per heavy atom. The minimum Gasteiger partial charge on any atom is -0.455 e. The summed E-state index contributed by atoms with van der Waals surface area (Å²) in [6.45, 7) is 24.1. The van der Waals surface area contributed by atoms with Gasteiger partial charge >= 0.3 is 11.9 Å². The van der Waals surface area contributed by atoms with Crippen molar-refractivity contribution in [3.8, 4) is 0 Å². The summed E-state index contributed by atoms with van der Waals surface area (Å²) in [6.07, 6.45) is 2.80. The summed E-state index contributed by atoms with van der Waals surface area (Å²) in [6, 6.07) is 0. The van der Waals surface area contributed by atoms with Crippen LogP contribution in [0.1, 0.15) is 67.7 Å².